The van der Waals surface area contributed by atoms with Crippen LogP contribution in [0.1, 0.15) is 51.6 Å². The smallest absolute Gasteiger partial charge is 0.410 e. The summed E-state index contributed by atoms with van der Waals surface area (Å²) in [5.74, 6) is 0. The van der Waals surface area contributed by atoms with Gasteiger partial charge in [0.25, 0.3) is 0 Å². The van der Waals surface area contributed by atoms with E-state index in [0.29, 0.717) is 0 Å². The van der Waals surface area contributed by atoms with Crippen LogP contribution in [-0.4, -0.2) is 33.3 Å². The molecule has 0 aliphatic carbocycles. The van der Waals surface area contributed by atoms with Crippen molar-refractivity contribution in [3.63, 3.8) is 0 Å². The normalized spacial score (nSPS) is 20.8. The van der Waals surface area contributed by atoms with Crippen molar-refractivity contribution in [1.82, 2.24) is 15.1 Å². The fourth-order valence-electron chi connectivity index (χ4n) is 2.26. The molecule has 0 aromatic carbocycles. The van der Waals surface area contributed by atoms with Crippen LogP contribution in [0.2, 0.25) is 0 Å². The highest BCUT2D eigenvalue weighted by molar-refractivity contribution is 5.69. The predicted molar refractivity (Wildman–Crippen MR) is 68.1 cm³/mol. The van der Waals surface area contributed by atoms with Crippen LogP contribution in [0, 0.1) is 0 Å². The molecule has 0 radical (unpaired) electrons. The van der Waals surface area contributed by atoms with Crippen molar-refractivity contribution >= 4 is 6.09 Å². The standard InChI is InChI=1S/C13H21N3O2/c1-13(2,3)18-12(17)16-7-5-4-6-11(16)10-8-14-15-9-10/h8-9,11H,4-7H2,1-3H3,(H,14,15). The van der Waals surface area contributed by atoms with Crippen molar-refractivity contribution in [1.29, 1.82) is 0 Å². The number of H-pyrrole nitrogens is 1. The summed E-state index contributed by atoms with van der Waals surface area (Å²) >= 11 is 0. The molecule has 0 bridgehead atoms. The minimum Gasteiger partial charge on any atom is -0.444 e. The van der Waals surface area contributed by atoms with Crippen LogP contribution < -0.4 is 0 Å². The molecule has 1 aromatic rings. The Balaban J connectivity index is 2.11. The zero-order valence-corrected chi connectivity index (χ0v) is 11.3. The van der Waals surface area contributed by atoms with Crippen LogP contribution in [0.25, 0.3) is 0 Å². The van der Waals surface area contributed by atoms with E-state index < -0.39 is 5.60 Å². The molecule has 5 nitrogen and oxygen atoms in total. The van der Waals surface area contributed by atoms with Crippen molar-refractivity contribution < 1.29 is 9.53 Å². The van der Waals surface area contributed by atoms with E-state index in [1.54, 1.807) is 6.20 Å². The van der Waals surface area contributed by atoms with E-state index in [4.69, 9.17) is 4.74 Å². The van der Waals surface area contributed by atoms with Gasteiger partial charge >= 0.3 is 6.09 Å². The van der Waals surface area contributed by atoms with E-state index in [1.165, 1.54) is 0 Å². The van der Waals surface area contributed by atoms with Gasteiger partial charge in [0.05, 0.1) is 12.2 Å². The molecule has 2 heterocycles. The van der Waals surface area contributed by atoms with Gasteiger partial charge in [-0.15, -0.1) is 0 Å². The maximum Gasteiger partial charge on any atom is 0.410 e. The number of likely N-dealkylation sites (tertiary alicyclic amines) is 1. The second kappa shape index (κ2) is 5.00. The molecule has 1 amide bonds. The van der Waals surface area contributed by atoms with E-state index >= 15 is 0 Å². The maximum absolute atomic E-state index is 12.2. The SMILES string of the molecule is CC(C)(C)OC(=O)N1CCCCC1c1cn[nH]c1. The molecule has 5 heteroatoms. The zero-order valence-electron chi connectivity index (χ0n) is 11.3. The molecule has 2 rings (SSSR count). The highest BCUT2D eigenvalue weighted by Crippen LogP contribution is 2.31. The van der Waals surface area contributed by atoms with Gasteiger partial charge < -0.3 is 9.64 Å². The van der Waals surface area contributed by atoms with Gasteiger partial charge in [-0.05, 0) is 40.0 Å². The maximum atomic E-state index is 12.2. The first-order chi connectivity index (χ1) is 8.47. The van der Waals surface area contributed by atoms with Gasteiger partial charge in [-0.1, -0.05) is 0 Å². The van der Waals surface area contributed by atoms with E-state index in [2.05, 4.69) is 10.2 Å². The van der Waals surface area contributed by atoms with Crippen LogP contribution in [0.3, 0.4) is 0 Å². The second-order valence-corrected chi connectivity index (χ2v) is 5.72. The average Bonchev–Trinajstić information content (AvgIpc) is 2.80. The Bertz CT molecular complexity index is 395. The Morgan fingerprint density at radius 1 is 1.50 bits per heavy atom. The fraction of sp³-hybridized carbons (Fsp3) is 0.692. The number of carbonyl (C=O) groups excluding carboxylic acids is 1. The number of amides is 1. The Labute approximate surface area is 108 Å². The highest BCUT2D eigenvalue weighted by atomic mass is 16.6. The van der Waals surface area contributed by atoms with Gasteiger partial charge in [-0.2, -0.15) is 5.10 Å². The average molecular weight is 251 g/mol. The molecule has 1 saturated heterocycles. The van der Waals surface area contributed by atoms with Crippen molar-refractivity contribution in [3.05, 3.63) is 18.0 Å². The summed E-state index contributed by atoms with van der Waals surface area (Å²) < 4.78 is 5.46. The molecule has 1 aromatic heterocycles. The molecule has 100 valence electrons. The lowest BCUT2D eigenvalue weighted by atomic mass is 9.98. The summed E-state index contributed by atoms with van der Waals surface area (Å²) in [7, 11) is 0. The van der Waals surface area contributed by atoms with Crippen molar-refractivity contribution in [2.75, 3.05) is 6.54 Å². The Hall–Kier alpha value is -1.52. The number of carbonyl (C=O) groups is 1. The van der Waals surface area contributed by atoms with Gasteiger partial charge in [0.1, 0.15) is 5.60 Å². The number of ether oxygens (including phenoxy) is 1. The number of nitrogens with one attached hydrogen (secondary N) is 1. The lowest BCUT2D eigenvalue weighted by Crippen LogP contribution is -2.41. The largest absolute Gasteiger partial charge is 0.444 e. The second-order valence-electron chi connectivity index (χ2n) is 5.72. The van der Waals surface area contributed by atoms with E-state index in [1.807, 2.05) is 31.9 Å². The lowest BCUT2D eigenvalue weighted by molar-refractivity contribution is 0.00952. The molecule has 0 spiro atoms. The predicted octanol–water partition coefficient (Wildman–Crippen LogP) is 2.87. The van der Waals surface area contributed by atoms with E-state index in [9.17, 15) is 4.79 Å². The number of nitrogens with zero attached hydrogens (tertiary/aromatic N) is 2. The molecular formula is C13H21N3O2. The minimum atomic E-state index is -0.449. The number of aromatic amines is 1. The lowest BCUT2D eigenvalue weighted by Gasteiger charge is -2.36. The van der Waals surface area contributed by atoms with Gasteiger partial charge in [0.15, 0.2) is 0 Å². The number of piperidine rings is 1. The van der Waals surface area contributed by atoms with Crippen molar-refractivity contribution in [2.24, 2.45) is 0 Å². The molecule has 1 atom stereocenters. The van der Waals surface area contributed by atoms with Crippen LogP contribution in [0.15, 0.2) is 12.4 Å². The topological polar surface area (TPSA) is 58.2 Å². The molecule has 1 aliphatic rings. The molecule has 18 heavy (non-hydrogen) atoms. The van der Waals surface area contributed by atoms with E-state index in [-0.39, 0.29) is 12.1 Å². The molecule has 0 saturated carbocycles. The number of aromatic nitrogens is 2. The van der Waals surface area contributed by atoms with Gasteiger partial charge in [0, 0.05) is 18.3 Å². The van der Waals surface area contributed by atoms with Crippen LogP contribution in [-0.2, 0) is 4.74 Å². The van der Waals surface area contributed by atoms with Crippen LogP contribution >= 0.6 is 0 Å². The number of rotatable bonds is 1. The summed E-state index contributed by atoms with van der Waals surface area (Å²) in [6.07, 6.45) is 6.55. The van der Waals surface area contributed by atoms with Crippen LogP contribution in [0.4, 0.5) is 4.79 Å². The summed E-state index contributed by atoms with van der Waals surface area (Å²) in [5.41, 5.74) is 0.607. The molecule has 1 N–H and O–H groups in total. The Morgan fingerprint density at radius 2 is 2.28 bits per heavy atom. The zero-order chi connectivity index (χ0) is 13.2. The van der Waals surface area contributed by atoms with Crippen molar-refractivity contribution in [2.45, 2.75) is 51.7 Å². The van der Waals surface area contributed by atoms with Crippen LogP contribution in [0.5, 0.6) is 0 Å². The summed E-state index contributed by atoms with van der Waals surface area (Å²) in [4.78, 5) is 14.0. The minimum absolute atomic E-state index is 0.0901. The highest BCUT2D eigenvalue weighted by Gasteiger charge is 2.31. The van der Waals surface area contributed by atoms with Gasteiger partial charge in [0.2, 0.25) is 0 Å². The fourth-order valence-corrected chi connectivity index (χ4v) is 2.26. The first-order valence-corrected chi connectivity index (χ1v) is 6.46. The quantitative estimate of drug-likeness (QED) is 0.835. The molecular weight excluding hydrogens is 230 g/mol. The third-order valence-electron chi connectivity index (χ3n) is 3.03. The van der Waals surface area contributed by atoms with Gasteiger partial charge in [-0.25, -0.2) is 4.79 Å². The Morgan fingerprint density at radius 3 is 2.89 bits per heavy atom. The monoisotopic (exact) mass is 251 g/mol. The van der Waals surface area contributed by atoms with Crippen molar-refractivity contribution in [3.8, 4) is 0 Å². The molecule has 1 unspecified atom stereocenters. The Kier molecular flexibility index (Phi) is 3.59. The van der Waals surface area contributed by atoms with E-state index in [0.717, 1.165) is 31.4 Å². The summed E-state index contributed by atoms with van der Waals surface area (Å²) in [6.45, 7) is 6.43. The molecule has 1 aliphatic heterocycles. The first kappa shape index (κ1) is 12.9. The third-order valence-corrected chi connectivity index (χ3v) is 3.03. The number of hydrogen-bond donors (Lipinski definition) is 1. The summed E-state index contributed by atoms with van der Waals surface area (Å²) in [6, 6.07) is 0.0901. The molecule has 1 fully saturated rings. The summed E-state index contributed by atoms with van der Waals surface area (Å²) in [5, 5.41) is 6.77. The first-order valence-electron chi connectivity index (χ1n) is 6.46. The number of hydrogen-bond acceptors (Lipinski definition) is 3. The third kappa shape index (κ3) is 3.03. The van der Waals surface area contributed by atoms with Gasteiger partial charge in [-0.3, -0.25) is 5.10 Å².